The summed E-state index contributed by atoms with van der Waals surface area (Å²) in [6.07, 6.45) is 9.90. The molecule has 0 radical (unpaired) electrons. The van der Waals surface area contributed by atoms with Crippen LogP contribution in [0.2, 0.25) is 0 Å². The van der Waals surface area contributed by atoms with Crippen LogP contribution in [0.15, 0.2) is 243 Å². The lowest BCUT2D eigenvalue weighted by atomic mass is 10.0. The largest absolute Gasteiger partial charge is 0.359 e. The van der Waals surface area contributed by atoms with Gasteiger partial charge in [-0.15, -0.1) is 0 Å². The molecule has 0 amide bonds. The fourth-order valence-corrected chi connectivity index (χ4v) is 11.5. The van der Waals surface area contributed by atoms with Gasteiger partial charge in [-0.25, -0.2) is 4.57 Å². The van der Waals surface area contributed by atoms with E-state index in [0.29, 0.717) is 24.1 Å². The minimum absolute atomic E-state index is 0.254. The molecule has 0 saturated carbocycles. The molecule has 0 spiro atoms. The van der Waals surface area contributed by atoms with Gasteiger partial charge < -0.3 is 39.2 Å². The fourth-order valence-electron chi connectivity index (χ4n) is 11.5. The molecular weight excluding hydrogens is 1040 g/mol. The third-order valence-corrected chi connectivity index (χ3v) is 16.7. The van der Waals surface area contributed by atoms with Gasteiger partial charge in [0.2, 0.25) is 5.69 Å². The van der Waals surface area contributed by atoms with Gasteiger partial charge in [0.25, 0.3) is 0 Å². The third kappa shape index (κ3) is 13.3. The van der Waals surface area contributed by atoms with E-state index in [0.717, 1.165) is 28.3 Å². The highest BCUT2D eigenvalue weighted by Crippen LogP contribution is 2.45. The number of hydrogen-bond donors (Lipinski definition) is 0. The Bertz CT molecular complexity index is 3940. The molecule has 436 valence electrons. The molecule has 85 heavy (non-hydrogen) atoms. The van der Waals surface area contributed by atoms with Crippen molar-refractivity contribution in [1.82, 2.24) is 4.90 Å². The van der Waals surface area contributed by atoms with E-state index in [1.165, 1.54) is 66.8 Å². The number of pyridine rings is 1. The summed E-state index contributed by atoms with van der Waals surface area (Å²) in [6, 6.07) is 72.4. The van der Waals surface area contributed by atoms with Crippen LogP contribution < -0.4 is 38.9 Å². The van der Waals surface area contributed by atoms with Crippen molar-refractivity contribution in [1.29, 1.82) is 0 Å². The first-order valence-electron chi connectivity index (χ1n) is 32.0. The van der Waals surface area contributed by atoms with Crippen LogP contribution in [0.3, 0.4) is 0 Å². The monoisotopic (exact) mass is 1130 g/mol. The summed E-state index contributed by atoms with van der Waals surface area (Å²) >= 11 is 0. The highest BCUT2D eigenvalue weighted by molar-refractivity contribution is 5.85. The Balaban J connectivity index is 0.000000134. The minimum Gasteiger partial charge on any atom is -0.359 e. The van der Waals surface area contributed by atoms with E-state index in [9.17, 15) is 0 Å². The molecule has 0 aliphatic carbocycles. The Hall–Kier alpha value is -9.21. The second kappa shape index (κ2) is 27.5. The van der Waals surface area contributed by atoms with E-state index < -0.39 is 13.3 Å². The van der Waals surface area contributed by atoms with Gasteiger partial charge in [-0.1, -0.05) is 140 Å². The van der Waals surface area contributed by atoms with Crippen LogP contribution in [0.1, 0.15) is 74.9 Å². The van der Waals surface area contributed by atoms with Crippen molar-refractivity contribution in [3.63, 3.8) is 0 Å². The molecule has 0 fully saturated rings. The van der Waals surface area contributed by atoms with Crippen LogP contribution in [0.4, 0.5) is 51.2 Å². The van der Waals surface area contributed by atoms with Gasteiger partial charge >= 0.3 is 0 Å². The summed E-state index contributed by atoms with van der Waals surface area (Å²) in [4.78, 5) is 17.4. The molecule has 8 aromatic carbocycles. The zero-order valence-corrected chi connectivity index (χ0v) is 51.9. The van der Waals surface area contributed by atoms with Gasteiger partial charge in [0.1, 0.15) is 31.7 Å². The third-order valence-electron chi connectivity index (χ3n) is 16.7. The lowest BCUT2D eigenvalue weighted by Gasteiger charge is -2.30. The number of fused-ring (bicyclic) bond motifs is 2. The predicted octanol–water partition coefficient (Wildman–Crippen LogP) is 17.6. The van der Waals surface area contributed by atoms with Crippen molar-refractivity contribution < 1.29 is 11.4 Å². The summed E-state index contributed by atoms with van der Waals surface area (Å²) in [7, 11) is 6.21. The zero-order valence-electron chi connectivity index (χ0n) is 56.9. The quantitative estimate of drug-likeness (QED) is 0.146. The van der Waals surface area contributed by atoms with Gasteiger partial charge in [-0.3, -0.25) is 0 Å². The van der Waals surface area contributed by atoms with Crippen LogP contribution >= 0.6 is 0 Å². The second-order valence-electron chi connectivity index (χ2n) is 22.2. The van der Waals surface area contributed by atoms with Crippen LogP contribution in [-0.4, -0.2) is 50.6 Å². The molecule has 0 bridgehead atoms. The fraction of sp³-hybridized carbons (Fsp3) is 0.250. The van der Waals surface area contributed by atoms with Gasteiger partial charge in [-0.2, -0.15) is 0 Å². The molecule has 9 heteroatoms. The van der Waals surface area contributed by atoms with Gasteiger partial charge in [-0.05, 0) is 169 Å². The maximum absolute atomic E-state index is 7.83. The number of aromatic nitrogens is 1. The molecule has 5 heterocycles. The van der Waals surface area contributed by atoms with E-state index in [-0.39, 0.29) is 6.17 Å². The first-order chi connectivity index (χ1) is 43.0. The number of hydrogen-bond acceptors (Lipinski definition) is 8. The maximum atomic E-state index is 7.83. The van der Waals surface area contributed by atoms with Gasteiger partial charge in [0, 0.05) is 98.4 Å². The number of anilines is 9. The van der Waals surface area contributed by atoms with E-state index in [4.69, 9.17) is 6.85 Å². The van der Waals surface area contributed by atoms with E-state index >= 15 is 0 Å². The Labute approximate surface area is 515 Å². The summed E-state index contributed by atoms with van der Waals surface area (Å²) in [6.45, 7) is 18.6. The molecule has 0 unspecified atom stereocenters. The number of aryl methyl sites for hydroxylation is 7. The number of nitrogens with zero attached hydrogens (tertiary/aromatic N) is 9. The molecule has 9 aromatic rings. The smallest absolute Gasteiger partial charge is 0.212 e. The van der Waals surface area contributed by atoms with Gasteiger partial charge in [0.05, 0.1) is 22.7 Å². The first-order valence-corrected chi connectivity index (χ1v) is 29.5. The summed E-state index contributed by atoms with van der Waals surface area (Å²) in [5.41, 5.74) is 19.7. The molecule has 0 saturated heterocycles. The van der Waals surface area contributed by atoms with E-state index in [1.54, 1.807) is 6.92 Å². The summed E-state index contributed by atoms with van der Waals surface area (Å²) in [5, 5.41) is 0. The highest BCUT2D eigenvalue weighted by atomic mass is 15.4. The Morgan fingerprint density at radius 2 is 0.776 bits per heavy atom. The minimum atomic E-state index is -2.16. The summed E-state index contributed by atoms with van der Waals surface area (Å²) < 4.78 is 41.0. The normalized spacial score (nSPS) is 18.2. The van der Waals surface area contributed by atoms with Gasteiger partial charge in [0.15, 0.2) is 6.20 Å². The second-order valence-corrected chi connectivity index (χ2v) is 22.2. The Morgan fingerprint density at radius 3 is 1.22 bits per heavy atom. The number of rotatable bonds is 7. The SMILES string of the molecule is Cc1ccccc1N1C=CN(C)[C@@H]1C.Cc1ccccc1N1C=CN(c2ccccc2)[C@@H]1C.Cc1ccccc1N1c2ccccc2N(C)[C@@H]1C.[2H]C([2H])(C)c1ccc(-c2ccccc2C)[n+](C)c1.[2H]C([2H])([2H])N1c2ccccc2N(c2ccccc2C)[C@H]1C. The molecule has 13 rings (SSSR count). The molecule has 4 aliphatic heterocycles. The first kappa shape index (κ1) is 53.8. The maximum Gasteiger partial charge on any atom is 0.212 e. The van der Waals surface area contributed by atoms with Crippen molar-refractivity contribution in [2.75, 3.05) is 55.4 Å². The predicted molar refractivity (Wildman–Crippen MR) is 364 cm³/mol. The van der Waals surface area contributed by atoms with Crippen LogP contribution in [0.25, 0.3) is 11.3 Å². The topological polar surface area (TPSA) is 29.8 Å². The van der Waals surface area contributed by atoms with E-state index in [2.05, 4.69) is 255 Å². The van der Waals surface area contributed by atoms with Crippen molar-refractivity contribution in [2.45, 2.75) is 100 Å². The number of benzene rings is 8. The molecular formula is C76H88N9+. The molecule has 4 atom stereocenters. The van der Waals surface area contributed by atoms with Crippen molar-refractivity contribution >= 4 is 51.2 Å². The van der Waals surface area contributed by atoms with Crippen molar-refractivity contribution in [2.24, 2.45) is 7.05 Å². The average molecular weight is 1130 g/mol. The zero-order chi connectivity index (χ0) is 64.6. The van der Waals surface area contributed by atoms with Crippen LogP contribution in [0, 0.1) is 34.6 Å². The van der Waals surface area contributed by atoms with Crippen molar-refractivity contribution in [3.05, 3.63) is 277 Å². The molecule has 4 aliphatic rings. The van der Waals surface area contributed by atoms with Crippen LogP contribution in [-0.2, 0) is 13.4 Å². The Kier molecular flexibility index (Phi) is 17.4. The average Bonchev–Trinajstić information content (AvgIpc) is 1.61. The number of para-hydroxylation sites is 9. The van der Waals surface area contributed by atoms with E-state index in [1.807, 2.05) is 111 Å². The molecule has 0 N–H and O–H groups in total. The van der Waals surface area contributed by atoms with Crippen molar-refractivity contribution in [3.8, 4) is 11.3 Å². The standard InChI is InChI=1S/C17H18N2.2C16H18N2.C15H18N.C12H16N2/c1-14-8-6-7-11-17(14)19-13-12-18(15(19)2)16-9-4-3-5-10-16;2*1-12-8-4-5-9-14(12)18-13(2)17(3)15-10-6-7-11-16(15)18;1-4-13-9-10-15(16(3)11-13)14-8-6-5-7-12(14)2;1-10-6-4-5-7-12(10)14-9-8-13(3)11(14)2/h3-13,15H,1-2H3;2*4-11,13H,1-3H3;5-11H,4H2,1-3H3;4-9,11H,1-3H3/q;;;+1;/t15-;2*13-;;11-/m000.0/s1/i;3D3;;4D2;. The summed E-state index contributed by atoms with van der Waals surface area (Å²) in [5.74, 6) is 0. The molecule has 9 nitrogen and oxygen atoms in total. The Morgan fingerprint density at radius 1 is 0.388 bits per heavy atom. The lowest BCUT2D eigenvalue weighted by Crippen LogP contribution is -2.36. The van der Waals surface area contributed by atoms with Crippen LogP contribution in [0.5, 0.6) is 0 Å². The highest BCUT2D eigenvalue weighted by Gasteiger charge is 2.33. The molecule has 1 aromatic heterocycles. The lowest BCUT2D eigenvalue weighted by molar-refractivity contribution is -0.660.